The summed E-state index contributed by atoms with van der Waals surface area (Å²) in [6.45, 7) is 0. The average Bonchev–Trinajstić information content (AvgIpc) is 2.97. The molecule has 2 aromatic carbocycles. The molecule has 27 heteroatoms. The SMILES string of the molecule is Nc1ccc(Oc2ccc(N)c(OC(F)=C(F)C(F)(F)C(F)(F)C(F)(F)C(F)(F)F)c2)cc1OC(F)=C(F)C(F)(F)C(F)(F)C(F)(F)C(F)(F)F. The first kappa shape index (κ1) is 42.5. The Kier molecular flexibility index (Phi) is 11.0. The molecule has 0 atom stereocenters. The van der Waals surface area contributed by atoms with E-state index in [4.69, 9.17) is 16.2 Å². The van der Waals surface area contributed by atoms with E-state index in [9.17, 15) is 96.6 Å². The van der Waals surface area contributed by atoms with Crippen molar-refractivity contribution < 1.29 is 111 Å². The van der Waals surface area contributed by atoms with E-state index in [0.717, 1.165) is 0 Å². The van der Waals surface area contributed by atoms with Crippen LogP contribution in [-0.2, 0) is 0 Å². The van der Waals surface area contributed by atoms with Crippen molar-refractivity contribution in [3.05, 3.63) is 60.1 Å². The van der Waals surface area contributed by atoms with Crippen LogP contribution < -0.4 is 25.7 Å². The van der Waals surface area contributed by atoms with E-state index in [2.05, 4.69) is 9.47 Å². The second kappa shape index (κ2) is 13.2. The van der Waals surface area contributed by atoms with E-state index in [1.165, 1.54) is 0 Å². The maximum atomic E-state index is 14.0. The Morgan fingerprint density at radius 2 is 0.706 bits per heavy atom. The molecule has 0 aromatic heterocycles. The van der Waals surface area contributed by atoms with Crippen molar-refractivity contribution in [2.24, 2.45) is 0 Å². The summed E-state index contributed by atoms with van der Waals surface area (Å²) in [5.74, 6) is -58.4. The summed E-state index contributed by atoms with van der Waals surface area (Å²) >= 11 is 0. The van der Waals surface area contributed by atoms with Gasteiger partial charge in [-0.3, -0.25) is 0 Å². The highest BCUT2D eigenvalue weighted by atomic mass is 19.4. The largest absolute Gasteiger partial charge is 0.460 e. The van der Waals surface area contributed by atoms with Crippen LogP contribution in [0.4, 0.5) is 108 Å². The highest BCUT2D eigenvalue weighted by Gasteiger charge is 2.84. The molecule has 4 N–H and O–H groups in total. The fourth-order valence-corrected chi connectivity index (χ4v) is 3.02. The lowest BCUT2D eigenvalue weighted by atomic mass is 10.0. The van der Waals surface area contributed by atoms with Gasteiger partial charge in [-0.25, -0.2) is 0 Å². The smallest absolute Gasteiger partial charge is 0.457 e. The summed E-state index contributed by atoms with van der Waals surface area (Å²) in [6.07, 6.45) is -14.8. The maximum absolute atomic E-state index is 14.0. The Balaban J connectivity index is 2.44. The van der Waals surface area contributed by atoms with E-state index >= 15 is 0 Å². The number of halogens is 22. The Morgan fingerprint density at radius 3 is 0.961 bits per heavy atom. The molecule has 288 valence electrons. The molecule has 0 bridgehead atoms. The molecule has 0 aliphatic heterocycles. The second-order valence-electron chi connectivity index (χ2n) is 9.32. The number of hydrogen-bond donors (Lipinski definition) is 2. The average molecular weight is 792 g/mol. The summed E-state index contributed by atoms with van der Waals surface area (Å²) in [6, 6.07) is -4.38. The Morgan fingerprint density at radius 1 is 0.431 bits per heavy atom. The van der Waals surface area contributed by atoms with Gasteiger partial charge in [-0.2, -0.15) is 96.6 Å². The number of hydrogen-bond acceptors (Lipinski definition) is 5. The minimum Gasteiger partial charge on any atom is -0.457 e. The molecule has 0 fully saturated rings. The van der Waals surface area contributed by atoms with E-state index in [-0.39, 0.29) is 12.1 Å². The third-order valence-corrected chi connectivity index (χ3v) is 5.79. The number of rotatable bonds is 12. The number of anilines is 2. The van der Waals surface area contributed by atoms with Gasteiger partial charge in [-0.1, -0.05) is 0 Å². The minimum absolute atomic E-state index is 0.198. The summed E-state index contributed by atoms with van der Waals surface area (Å²) < 4.78 is 302. The van der Waals surface area contributed by atoms with Crippen molar-refractivity contribution in [3.8, 4) is 23.0 Å². The zero-order valence-corrected chi connectivity index (χ0v) is 23.2. The van der Waals surface area contributed by atoms with Crippen molar-refractivity contribution >= 4 is 11.4 Å². The Hall–Kier alpha value is -4.62. The fourth-order valence-electron chi connectivity index (χ4n) is 3.02. The molecular weight excluding hydrogens is 782 g/mol. The van der Waals surface area contributed by atoms with Crippen molar-refractivity contribution in [2.75, 3.05) is 11.5 Å². The van der Waals surface area contributed by atoms with Crippen LogP contribution in [0.15, 0.2) is 60.1 Å². The van der Waals surface area contributed by atoms with Gasteiger partial charge in [0, 0.05) is 12.1 Å². The quantitative estimate of drug-likeness (QED) is 0.127. The molecule has 0 amide bonds. The van der Waals surface area contributed by atoms with Crippen molar-refractivity contribution in [1.29, 1.82) is 0 Å². The van der Waals surface area contributed by atoms with Crippen LogP contribution in [0.25, 0.3) is 0 Å². The molecular formula is C24H10F22N2O3. The van der Waals surface area contributed by atoms with E-state index in [0.29, 0.717) is 24.3 Å². The van der Waals surface area contributed by atoms with Gasteiger partial charge in [0.1, 0.15) is 11.5 Å². The van der Waals surface area contributed by atoms with Crippen molar-refractivity contribution in [2.45, 2.75) is 47.9 Å². The molecule has 0 spiro atoms. The normalized spacial score (nSPS) is 15.3. The number of benzene rings is 2. The fraction of sp³-hybridized carbons (Fsp3) is 0.333. The monoisotopic (exact) mass is 792 g/mol. The van der Waals surface area contributed by atoms with Crippen LogP contribution in [0.3, 0.4) is 0 Å². The number of nitrogens with two attached hydrogens (primary N) is 2. The summed E-state index contributed by atoms with van der Waals surface area (Å²) in [5.41, 5.74) is 8.57. The molecule has 0 aliphatic rings. The first-order valence-electron chi connectivity index (χ1n) is 11.9. The molecule has 0 saturated heterocycles. The number of ether oxygens (including phenoxy) is 3. The number of nitrogen functional groups attached to an aromatic ring is 2. The topological polar surface area (TPSA) is 79.7 Å². The molecule has 0 heterocycles. The predicted octanol–water partition coefficient (Wildman–Crippen LogP) is 10.6. The van der Waals surface area contributed by atoms with Gasteiger partial charge >= 0.3 is 59.9 Å². The molecule has 0 radical (unpaired) electrons. The molecule has 2 aromatic rings. The third-order valence-electron chi connectivity index (χ3n) is 5.79. The first-order valence-corrected chi connectivity index (χ1v) is 11.9. The lowest BCUT2D eigenvalue weighted by Crippen LogP contribution is -2.61. The zero-order valence-electron chi connectivity index (χ0n) is 23.2. The van der Waals surface area contributed by atoms with Crippen molar-refractivity contribution in [3.63, 3.8) is 0 Å². The Labute approximate surface area is 265 Å². The molecule has 0 unspecified atom stereocenters. The lowest BCUT2D eigenvalue weighted by molar-refractivity contribution is -0.392. The lowest BCUT2D eigenvalue weighted by Gasteiger charge is -2.32. The third kappa shape index (κ3) is 7.41. The van der Waals surface area contributed by atoms with Crippen LogP contribution in [-0.4, -0.2) is 47.9 Å². The predicted molar refractivity (Wildman–Crippen MR) is 123 cm³/mol. The van der Waals surface area contributed by atoms with Crippen LogP contribution in [0, 0.1) is 0 Å². The molecule has 51 heavy (non-hydrogen) atoms. The van der Waals surface area contributed by atoms with Crippen LogP contribution >= 0.6 is 0 Å². The Bertz CT molecular complexity index is 1560. The standard InChI is InChI=1S/C24H10F22N2O3/c25-13(17(29,30)19(33,34)21(37,38)23(41,42)43)15(27)50-11-5-7(1-3-9(11)47)49-8-2-4-10(48)12(6-8)51-16(28)14(26)18(31,32)20(35,36)22(39,40)24(44,45)46/h1-6H,47-48H2. The van der Waals surface area contributed by atoms with Gasteiger partial charge in [-0.05, 0) is 24.3 Å². The highest BCUT2D eigenvalue weighted by molar-refractivity contribution is 5.59. The number of alkyl halides is 18. The number of allylic oxidation sites excluding steroid dienone is 2. The summed E-state index contributed by atoms with van der Waals surface area (Å²) in [7, 11) is 0. The summed E-state index contributed by atoms with van der Waals surface area (Å²) in [4.78, 5) is 0. The van der Waals surface area contributed by atoms with E-state index in [1.807, 2.05) is 0 Å². The minimum atomic E-state index is -7.67. The van der Waals surface area contributed by atoms with Gasteiger partial charge in [0.15, 0.2) is 11.5 Å². The van der Waals surface area contributed by atoms with Crippen LogP contribution in [0.1, 0.15) is 0 Å². The van der Waals surface area contributed by atoms with Gasteiger partial charge in [0.2, 0.25) is 11.7 Å². The van der Waals surface area contributed by atoms with Gasteiger partial charge in [0.25, 0.3) is 0 Å². The van der Waals surface area contributed by atoms with Gasteiger partial charge in [-0.15, -0.1) is 0 Å². The van der Waals surface area contributed by atoms with E-state index < -0.39 is 106 Å². The first-order chi connectivity index (χ1) is 22.6. The second-order valence-corrected chi connectivity index (χ2v) is 9.32. The molecule has 0 saturated carbocycles. The van der Waals surface area contributed by atoms with E-state index in [1.54, 1.807) is 0 Å². The zero-order chi connectivity index (χ0) is 40.1. The van der Waals surface area contributed by atoms with Crippen molar-refractivity contribution in [1.82, 2.24) is 0 Å². The van der Waals surface area contributed by atoms with Crippen LogP contribution in [0.5, 0.6) is 23.0 Å². The molecule has 5 nitrogen and oxygen atoms in total. The van der Waals surface area contributed by atoms with Gasteiger partial charge in [0.05, 0.1) is 11.4 Å². The summed E-state index contributed by atoms with van der Waals surface area (Å²) in [5, 5.41) is 0. The molecule has 0 aliphatic carbocycles. The van der Waals surface area contributed by atoms with Gasteiger partial charge < -0.3 is 25.7 Å². The maximum Gasteiger partial charge on any atom is 0.460 e. The van der Waals surface area contributed by atoms with Crippen LogP contribution in [0.2, 0.25) is 0 Å². The highest BCUT2D eigenvalue weighted by Crippen LogP contribution is 2.57. The molecule has 2 rings (SSSR count).